The highest BCUT2D eigenvalue weighted by molar-refractivity contribution is 5.80. The molecule has 18 heavy (non-hydrogen) atoms. The molecular weight excluding hydrogens is 226 g/mol. The summed E-state index contributed by atoms with van der Waals surface area (Å²) in [5.74, 6) is 0.712. The topological polar surface area (TPSA) is 42.4 Å². The number of ether oxygens (including phenoxy) is 1. The summed E-state index contributed by atoms with van der Waals surface area (Å²) in [6.07, 6.45) is 2.58. The Morgan fingerprint density at radius 1 is 1.28 bits per heavy atom. The molecule has 0 fully saturated rings. The van der Waals surface area contributed by atoms with Gasteiger partial charge in [-0.05, 0) is 37.0 Å². The lowest BCUT2D eigenvalue weighted by atomic mass is 10.1. The molecule has 1 aromatic heterocycles. The van der Waals surface area contributed by atoms with Gasteiger partial charge in [-0.25, -0.2) is 4.98 Å². The van der Waals surface area contributed by atoms with Gasteiger partial charge >= 0.3 is 0 Å². The van der Waals surface area contributed by atoms with Crippen LogP contribution in [0.1, 0.15) is 24.5 Å². The van der Waals surface area contributed by atoms with Crippen molar-refractivity contribution in [1.29, 1.82) is 0 Å². The molecular formula is C15H19NO2. The fourth-order valence-electron chi connectivity index (χ4n) is 2.11. The van der Waals surface area contributed by atoms with Gasteiger partial charge in [0.05, 0.1) is 12.6 Å². The zero-order valence-electron chi connectivity index (χ0n) is 10.9. The van der Waals surface area contributed by atoms with Gasteiger partial charge in [0.25, 0.3) is 0 Å². The van der Waals surface area contributed by atoms with Gasteiger partial charge in [0, 0.05) is 17.6 Å². The molecule has 2 rings (SSSR count). The van der Waals surface area contributed by atoms with Gasteiger partial charge in [0.2, 0.25) is 5.88 Å². The van der Waals surface area contributed by atoms with Crippen LogP contribution in [0.3, 0.4) is 0 Å². The van der Waals surface area contributed by atoms with Crippen LogP contribution in [0.4, 0.5) is 0 Å². The number of aliphatic hydroxyl groups excluding tert-OH is 1. The van der Waals surface area contributed by atoms with E-state index in [9.17, 15) is 0 Å². The van der Waals surface area contributed by atoms with Crippen molar-refractivity contribution < 1.29 is 9.84 Å². The van der Waals surface area contributed by atoms with Gasteiger partial charge in [-0.2, -0.15) is 0 Å². The summed E-state index contributed by atoms with van der Waals surface area (Å²) in [4.78, 5) is 4.55. The molecule has 1 heterocycles. The maximum Gasteiger partial charge on any atom is 0.216 e. The zero-order chi connectivity index (χ0) is 13.0. The molecule has 0 saturated carbocycles. The zero-order valence-corrected chi connectivity index (χ0v) is 10.9. The molecule has 0 spiro atoms. The van der Waals surface area contributed by atoms with E-state index in [0.29, 0.717) is 5.88 Å². The monoisotopic (exact) mass is 245 g/mol. The van der Waals surface area contributed by atoms with Crippen LogP contribution >= 0.6 is 0 Å². The highest BCUT2D eigenvalue weighted by atomic mass is 16.5. The molecule has 2 aromatic rings. The summed E-state index contributed by atoms with van der Waals surface area (Å²) in [5, 5.41) is 9.99. The van der Waals surface area contributed by atoms with E-state index in [1.807, 2.05) is 0 Å². The summed E-state index contributed by atoms with van der Waals surface area (Å²) in [6, 6.07) is 8.41. The molecule has 0 aliphatic rings. The number of aliphatic hydroxyl groups is 1. The van der Waals surface area contributed by atoms with Crippen molar-refractivity contribution in [1.82, 2.24) is 4.98 Å². The van der Waals surface area contributed by atoms with E-state index in [1.165, 1.54) is 5.56 Å². The SMILES string of the molecule is CCc1cc2ccc(CCCO)cc2nc1OC. The summed E-state index contributed by atoms with van der Waals surface area (Å²) < 4.78 is 5.31. The first-order valence-electron chi connectivity index (χ1n) is 6.36. The number of nitrogens with zero attached hydrogens (tertiary/aromatic N) is 1. The van der Waals surface area contributed by atoms with E-state index < -0.39 is 0 Å². The third kappa shape index (κ3) is 2.62. The average Bonchev–Trinajstić information content (AvgIpc) is 2.43. The Hall–Kier alpha value is -1.61. The first kappa shape index (κ1) is 12.8. The molecule has 0 unspecified atom stereocenters. The molecule has 0 radical (unpaired) electrons. The summed E-state index contributed by atoms with van der Waals surface area (Å²) in [6.45, 7) is 2.32. The quantitative estimate of drug-likeness (QED) is 0.880. The predicted molar refractivity (Wildman–Crippen MR) is 73.1 cm³/mol. The lowest BCUT2D eigenvalue weighted by molar-refractivity contribution is 0.288. The minimum atomic E-state index is 0.226. The maximum absolute atomic E-state index is 8.86. The largest absolute Gasteiger partial charge is 0.481 e. The molecule has 1 aromatic carbocycles. The third-order valence-corrected chi connectivity index (χ3v) is 3.12. The van der Waals surface area contributed by atoms with Gasteiger partial charge < -0.3 is 9.84 Å². The Bertz CT molecular complexity index is 537. The third-order valence-electron chi connectivity index (χ3n) is 3.12. The predicted octanol–water partition coefficient (Wildman–Crippen LogP) is 2.73. The van der Waals surface area contributed by atoms with Crippen molar-refractivity contribution in [2.45, 2.75) is 26.2 Å². The van der Waals surface area contributed by atoms with E-state index in [1.54, 1.807) is 7.11 Å². The van der Waals surface area contributed by atoms with Crippen LogP contribution in [0, 0.1) is 0 Å². The van der Waals surface area contributed by atoms with Crippen molar-refractivity contribution >= 4 is 10.9 Å². The van der Waals surface area contributed by atoms with E-state index in [0.717, 1.165) is 35.7 Å². The molecule has 96 valence electrons. The molecule has 3 heteroatoms. The van der Waals surface area contributed by atoms with Crippen LogP contribution < -0.4 is 4.74 Å². The van der Waals surface area contributed by atoms with E-state index in [2.05, 4.69) is 36.2 Å². The molecule has 0 atom stereocenters. The van der Waals surface area contributed by atoms with Crippen LogP contribution in [-0.4, -0.2) is 23.8 Å². The number of benzene rings is 1. The Kier molecular flexibility index (Phi) is 4.15. The fraction of sp³-hybridized carbons (Fsp3) is 0.400. The fourth-order valence-corrected chi connectivity index (χ4v) is 2.11. The number of hydrogen-bond acceptors (Lipinski definition) is 3. The van der Waals surface area contributed by atoms with Crippen LogP contribution in [0.15, 0.2) is 24.3 Å². The van der Waals surface area contributed by atoms with Crippen molar-refractivity contribution in [3.8, 4) is 5.88 Å². The van der Waals surface area contributed by atoms with E-state index >= 15 is 0 Å². The molecule has 0 aliphatic heterocycles. The standard InChI is InChI=1S/C15H19NO2/c1-3-12-10-13-7-6-11(5-4-8-17)9-14(13)16-15(12)18-2/h6-7,9-10,17H,3-5,8H2,1-2H3. The van der Waals surface area contributed by atoms with Crippen LogP contribution in [0.2, 0.25) is 0 Å². The Morgan fingerprint density at radius 2 is 2.11 bits per heavy atom. The lowest BCUT2D eigenvalue weighted by Crippen LogP contribution is -1.96. The normalized spacial score (nSPS) is 10.8. The molecule has 1 N–H and O–H groups in total. The van der Waals surface area contributed by atoms with Gasteiger partial charge in [-0.15, -0.1) is 0 Å². The molecule has 0 amide bonds. The minimum absolute atomic E-state index is 0.226. The first-order valence-corrected chi connectivity index (χ1v) is 6.36. The van der Waals surface area contributed by atoms with Gasteiger partial charge in [0.15, 0.2) is 0 Å². The number of fused-ring (bicyclic) bond motifs is 1. The Morgan fingerprint density at radius 3 is 2.78 bits per heavy atom. The number of aryl methyl sites for hydroxylation is 2. The molecule has 3 nitrogen and oxygen atoms in total. The highest BCUT2D eigenvalue weighted by Crippen LogP contribution is 2.23. The van der Waals surface area contributed by atoms with Gasteiger partial charge in [-0.3, -0.25) is 0 Å². The molecule has 0 aliphatic carbocycles. The van der Waals surface area contributed by atoms with Gasteiger partial charge in [-0.1, -0.05) is 19.1 Å². The Labute approximate surface area is 107 Å². The number of pyridine rings is 1. The number of hydrogen-bond donors (Lipinski definition) is 1. The average molecular weight is 245 g/mol. The van der Waals surface area contributed by atoms with Gasteiger partial charge in [0.1, 0.15) is 0 Å². The molecule has 0 bridgehead atoms. The smallest absolute Gasteiger partial charge is 0.216 e. The first-order chi connectivity index (χ1) is 8.78. The summed E-state index contributed by atoms with van der Waals surface area (Å²) in [5.41, 5.74) is 3.29. The number of rotatable bonds is 5. The molecule has 0 saturated heterocycles. The second kappa shape index (κ2) is 5.83. The van der Waals surface area contributed by atoms with Crippen molar-refractivity contribution in [3.05, 3.63) is 35.4 Å². The summed E-state index contributed by atoms with van der Waals surface area (Å²) in [7, 11) is 1.66. The van der Waals surface area contributed by atoms with E-state index in [-0.39, 0.29) is 6.61 Å². The van der Waals surface area contributed by atoms with Crippen LogP contribution in [0.25, 0.3) is 10.9 Å². The number of aromatic nitrogens is 1. The van der Waals surface area contributed by atoms with Crippen molar-refractivity contribution in [2.75, 3.05) is 13.7 Å². The van der Waals surface area contributed by atoms with Crippen molar-refractivity contribution in [3.63, 3.8) is 0 Å². The maximum atomic E-state index is 8.86. The second-order valence-corrected chi connectivity index (χ2v) is 4.36. The lowest BCUT2D eigenvalue weighted by Gasteiger charge is -2.08. The van der Waals surface area contributed by atoms with E-state index in [4.69, 9.17) is 9.84 Å². The Balaban J connectivity index is 2.42. The second-order valence-electron chi connectivity index (χ2n) is 4.36. The summed E-state index contributed by atoms with van der Waals surface area (Å²) >= 11 is 0. The van der Waals surface area contributed by atoms with Crippen molar-refractivity contribution in [2.24, 2.45) is 0 Å². The van der Waals surface area contributed by atoms with Crippen LogP contribution in [0.5, 0.6) is 5.88 Å². The number of methoxy groups -OCH3 is 1. The van der Waals surface area contributed by atoms with Crippen LogP contribution in [-0.2, 0) is 12.8 Å². The highest BCUT2D eigenvalue weighted by Gasteiger charge is 2.06. The minimum Gasteiger partial charge on any atom is -0.481 e.